The zero-order valence-electron chi connectivity index (χ0n) is 12.9. The molecule has 1 N–H and O–H groups in total. The second kappa shape index (κ2) is 5.46. The molecule has 2 aliphatic carbocycles. The maximum Gasteiger partial charge on any atom is 0.111 e. The molecular weight excluding hydrogens is 258 g/mol. The first-order valence-corrected chi connectivity index (χ1v) is 8.33. The Morgan fingerprint density at radius 3 is 2.76 bits per heavy atom. The van der Waals surface area contributed by atoms with Gasteiger partial charge in [0.2, 0.25) is 0 Å². The van der Waals surface area contributed by atoms with Gasteiger partial charge in [0.1, 0.15) is 5.41 Å². The van der Waals surface area contributed by atoms with Crippen molar-refractivity contribution in [3.05, 3.63) is 35.4 Å². The van der Waals surface area contributed by atoms with Gasteiger partial charge in [-0.1, -0.05) is 44.0 Å². The molecule has 0 saturated heterocycles. The molecular formula is C19H25NO. The fourth-order valence-electron chi connectivity index (χ4n) is 4.46. The number of nitriles is 1. The van der Waals surface area contributed by atoms with Gasteiger partial charge in [-0.25, -0.2) is 0 Å². The number of benzene rings is 1. The lowest BCUT2D eigenvalue weighted by molar-refractivity contribution is -0.0378. The maximum absolute atomic E-state index is 11.5. The molecule has 0 radical (unpaired) electrons. The van der Waals surface area contributed by atoms with Gasteiger partial charge in [0, 0.05) is 0 Å². The Morgan fingerprint density at radius 2 is 1.95 bits per heavy atom. The molecule has 0 aromatic heterocycles. The van der Waals surface area contributed by atoms with E-state index in [0.29, 0.717) is 5.92 Å². The van der Waals surface area contributed by atoms with Crippen molar-refractivity contribution in [3.63, 3.8) is 0 Å². The number of aryl methyl sites for hydroxylation is 1. The average molecular weight is 283 g/mol. The Hall–Kier alpha value is -1.33. The van der Waals surface area contributed by atoms with E-state index in [-0.39, 0.29) is 0 Å². The zero-order chi connectivity index (χ0) is 14.9. The molecule has 1 saturated carbocycles. The monoisotopic (exact) mass is 283 g/mol. The van der Waals surface area contributed by atoms with Crippen LogP contribution < -0.4 is 0 Å². The van der Waals surface area contributed by atoms with E-state index < -0.39 is 11.0 Å². The van der Waals surface area contributed by atoms with Crippen LogP contribution in [0.5, 0.6) is 0 Å². The normalized spacial score (nSPS) is 36.3. The predicted molar refractivity (Wildman–Crippen MR) is 83.9 cm³/mol. The molecule has 1 fully saturated rings. The maximum atomic E-state index is 11.5. The standard InChI is InChI=1S/C19H25NO/c1-15-6-4-12-19(21,13-10-15)18(14-20)11-5-8-16-7-2-3-9-17(16)18/h2-3,7,9,15,21H,4-6,8,10-13H2,1H3. The molecule has 0 aliphatic heterocycles. The quantitative estimate of drug-likeness (QED) is 0.788. The molecule has 3 unspecified atom stereocenters. The lowest BCUT2D eigenvalue weighted by Gasteiger charge is -2.46. The predicted octanol–water partition coefficient (Wildman–Crippen LogP) is 4.12. The summed E-state index contributed by atoms with van der Waals surface area (Å²) < 4.78 is 0. The van der Waals surface area contributed by atoms with E-state index in [2.05, 4.69) is 25.1 Å². The summed E-state index contributed by atoms with van der Waals surface area (Å²) in [6.45, 7) is 2.26. The topological polar surface area (TPSA) is 44.0 Å². The van der Waals surface area contributed by atoms with Crippen LogP contribution in [0.1, 0.15) is 63.0 Å². The van der Waals surface area contributed by atoms with E-state index in [1.807, 2.05) is 12.1 Å². The summed E-state index contributed by atoms with van der Waals surface area (Å²) in [5.74, 6) is 0.661. The third kappa shape index (κ3) is 2.28. The van der Waals surface area contributed by atoms with Gasteiger partial charge in [-0.05, 0) is 55.6 Å². The van der Waals surface area contributed by atoms with Crippen LogP contribution in [0, 0.1) is 17.2 Å². The fourth-order valence-corrected chi connectivity index (χ4v) is 4.46. The van der Waals surface area contributed by atoms with Crippen molar-refractivity contribution in [2.45, 2.75) is 69.3 Å². The lowest BCUT2D eigenvalue weighted by atomic mass is 9.59. The first-order chi connectivity index (χ1) is 10.1. The Balaban J connectivity index is 2.07. The number of rotatable bonds is 1. The first kappa shape index (κ1) is 14.6. The van der Waals surface area contributed by atoms with E-state index in [9.17, 15) is 10.4 Å². The molecule has 3 atom stereocenters. The zero-order valence-corrected chi connectivity index (χ0v) is 12.9. The highest BCUT2D eigenvalue weighted by Gasteiger charge is 2.53. The Kier molecular flexibility index (Phi) is 3.80. The Labute approximate surface area is 127 Å². The van der Waals surface area contributed by atoms with Gasteiger partial charge in [-0.3, -0.25) is 0 Å². The second-order valence-electron chi connectivity index (χ2n) is 7.10. The number of hydrogen-bond donors (Lipinski definition) is 1. The van der Waals surface area contributed by atoms with Crippen molar-refractivity contribution in [2.75, 3.05) is 0 Å². The summed E-state index contributed by atoms with van der Waals surface area (Å²) in [5, 5.41) is 21.5. The van der Waals surface area contributed by atoms with Crippen LogP contribution in [0.4, 0.5) is 0 Å². The Bertz CT molecular complexity index is 561. The van der Waals surface area contributed by atoms with Crippen LogP contribution in [0.25, 0.3) is 0 Å². The molecule has 0 bridgehead atoms. The van der Waals surface area contributed by atoms with E-state index in [1.165, 1.54) is 12.0 Å². The minimum Gasteiger partial charge on any atom is -0.388 e. The Morgan fingerprint density at radius 1 is 1.14 bits per heavy atom. The van der Waals surface area contributed by atoms with Crippen molar-refractivity contribution >= 4 is 0 Å². The van der Waals surface area contributed by atoms with Crippen LogP contribution in [-0.2, 0) is 11.8 Å². The third-order valence-corrected chi connectivity index (χ3v) is 5.80. The summed E-state index contributed by atoms with van der Waals surface area (Å²) in [7, 11) is 0. The SMILES string of the molecule is CC1CCCC(O)(C2(C#N)CCCc3ccccc32)CC1. The highest BCUT2D eigenvalue weighted by atomic mass is 16.3. The highest BCUT2D eigenvalue weighted by molar-refractivity contribution is 5.45. The summed E-state index contributed by atoms with van der Waals surface area (Å²) >= 11 is 0. The number of aliphatic hydroxyl groups is 1. The van der Waals surface area contributed by atoms with Crippen LogP contribution in [0.2, 0.25) is 0 Å². The third-order valence-electron chi connectivity index (χ3n) is 5.80. The van der Waals surface area contributed by atoms with Gasteiger partial charge in [-0.15, -0.1) is 0 Å². The number of nitrogens with zero attached hydrogens (tertiary/aromatic N) is 1. The van der Waals surface area contributed by atoms with Gasteiger partial charge in [0.15, 0.2) is 0 Å². The molecule has 2 aliphatic rings. The van der Waals surface area contributed by atoms with Gasteiger partial charge in [0.25, 0.3) is 0 Å². The fraction of sp³-hybridized carbons (Fsp3) is 0.632. The molecule has 2 heteroatoms. The minimum absolute atomic E-state index is 0.661. The first-order valence-electron chi connectivity index (χ1n) is 8.33. The van der Waals surface area contributed by atoms with Gasteiger partial charge in [0.05, 0.1) is 11.7 Å². The van der Waals surface area contributed by atoms with E-state index in [4.69, 9.17) is 0 Å². The number of hydrogen-bond acceptors (Lipinski definition) is 2. The molecule has 0 heterocycles. The molecule has 3 rings (SSSR count). The highest BCUT2D eigenvalue weighted by Crippen LogP contribution is 2.50. The van der Waals surface area contributed by atoms with Crippen LogP contribution in [-0.4, -0.2) is 10.7 Å². The second-order valence-corrected chi connectivity index (χ2v) is 7.10. The van der Waals surface area contributed by atoms with E-state index in [0.717, 1.165) is 50.5 Å². The molecule has 2 nitrogen and oxygen atoms in total. The van der Waals surface area contributed by atoms with Crippen LogP contribution in [0.3, 0.4) is 0 Å². The van der Waals surface area contributed by atoms with Crippen LogP contribution in [0.15, 0.2) is 24.3 Å². The van der Waals surface area contributed by atoms with Gasteiger partial charge < -0.3 is 5.11 Å². The number of fused-ring (bicyclic) bond motifs is 1. The van der Waals surface area contributed by atoms with Crippen molar-refractivity contribution < 1.29 is 5.11 Å². The van der Waals surface area contributed by atoms with E-state index >= 15 is 0 Å². The molecule has 112 valence electrons. The van der Waals surface area contributed by atoms with E-state index in [1.54, 1.807) is 0 Å². The van der Waals surface area contributed by atoms with Crippen molar-refractivity contribution in [1.29, 1.82) is 5.26 Å². The van der Waals surface area contributed by atoms with Crippen molar-refractivity contribution in [3.8, 4) is 6.07 Å². The summed E-state index contributed by atoms with van der Waals surface area (Å²) in [4.78, 5) is 0. The van der Waals surface area contributed by atoms with Crippen molar-refractivity contribution in [1.82, 2.24) is 0 Å². The molecule has 1 aromatic rings. The summed E-state index contributed by atoms with van der Waals surface area (Å²) in [6.07, 6.45) is 7.59. The summed E-state index contributed by atoms with van der Waals surface area (Å²) in [5.41, 5.74) is 0.793. The average Bonchev–Trinajstić information content (AvgIpc) is 2.69. The largest absolute Gasteiger partial charge is 0.388 e. The molecule has 0 spiro atoms. The molecule has 21 heavy (non-hydrogen) atoms. The lowest BCUT2D eigenvalue weighted by Crippen LogP contribution is -2.52. The van der Waals surface area contributed by atoms with Crippen molar-refractivity contribution in [2.24, 2.45) is 5.92 Å². The molecule has 0 amide bonds. The smallest absolute Gasteiger partial charge is 0.111 e. The van der Waals surface area contributed by atoms with Gasteiger partial charge >= 0.3 is 0 Å². The minimum atomic E-state index is -0.858. The summed E-state index contributed by atoms with van der Waals surface area (Å²) in [6, 6.07) is 10.8. The molecule has 1 aromatic carbocycles. The van der Waals surface area contributed by atoms with Crippen LogP contribution >= 0.6 is 0 Å². The van der Waals surface area contributed by atoms with Gasteiger partial charge in [-0.2, -0.15) is 5.26 Å².